The van der Waals surface area contributed by atoms with E-state index in [4.69, 9.17) is 10.6 Å². The number of fused-ring (bicyclic) bond motifs is 3. The van der Waals surface area contributed by atoms with E-state index < -0.39 is 0 Å². The van der Waals surface area contributed by atoms with E-state index in [2.05, 4.69) is 33.5 Å². The van der Waals surface area contributed by atoms with E-state index in [1.807, 2.05) is 0 Å². The number of halogens is 1. The maximum absolute atomic E-state index is 5.91. The van der Waals surface area contributed by atoms with Crippen LogP contribution in [0.25, 0.3) is 0 Å². The summed E-state index contributed by atoms with van der Waals surface area (Å²) in [6.45, 7) is 0.813. The second kappa shape index (κ2) is 5.56. The second-order valence-corrected chi connectivity index (χ2v) is 7.88. The van der Waals surface area contributed by atoms with Crippen LogP contribution in [-0.4, -0.2) is 12.6 Å². The Morgan fingerprint density at radius 1 is 1.33 bits per heavy atom. The van der Waals surface area contributed by atoms with Crippen LogP contribution in [0.4, 0.5) is 0 Å². The molecular weight excluding hydrogens is 328 g/mol. The van der Waals surface area contributed by atoms with Gasteiger partial charge in [0.2, 0.25) is 0 Å². The molecule has 1 aromatic carbocycles. The third-order valence-corrected chi connectivity index (χ3v) is 6.25. The van der Waals surface area contributed by atoms with Crippen LogP contribution in [0.1, 0.15) is 36.8 Å². The van der Waals surface area contributed by atoms with Crippen molar-refractivity contribution in [1.29, 1.82) is 0 Å². The molecule has 0 aromatic heterocycles. The van der Waals surface area contributed by atoms with E-state index >= 15 is 0 Å². The van der Waals surface area contributed by atoms with Crippen molar-refractivity contribution in [1.82, 2.24) is 5.43 Å². The Morgan fingerprint density at radius 3 is 2.95 bits per heavy atom. The highest BCUT2D eigenvalue weighted by Gasteiger charge is 2.43. The minimum absolute atomic E-state index is 0.378. The van der Waals surface area contributed by atoms with Crippen LogP contribution in [0.5, 0.6) is 5.75 Å². The Labute approximate surface area is 134 Å². The van der Waals surface area contributed by atoms with Gasteiger partial charge < -0.3 is 4.74 Å². The van der Waals surface area contributed by atoms with Gasteiger partial charge in [0.05, 0.1) is 6.61 Å². The van der Waals surface area contributed by atoms with Crippen LogP contribution in [0.2, 0.25) is 0 Å². The minimum atomic E-state index is 0.378. The van der Waals surface area contributed by atoms with Crippen molar-refractivity contribution in [2.45, 2.75) is 44.6 Å². The molecule has 1 aromatic rings. The molecular formula is C17H23BrN2O. The maximum atomic E-state index is 5.91. The van der Waals surface area contributed by atoms with Gasteiger partial charge in [0.1, 0.15) is 5.75 Å². The molecule has 21 heavy (non-hydrogen) atoms. The number of rotatable bonds is 4. The summed E-state index contributed by atoms with van der Waals surface area (Å²) >= 11 is 3.64. The molecule has 3 aliphatic rings. The van der Waals surface area contributed by atoms with Gasteiger partial charge in [-0.1, -0.05) is 22.4 Å². The van der Waals surface area contributed by atoms with Crippen LogP contribution in [0.3, 0.4) is 0 Å². The molecule has 0 spiro atoms. The summed E-state index contributed by atoms with van der Waals surface area (Å²) in [7, 11) is 0. The molecule has 2 aliphatic carbocycles. The van der Waals surface area contributed by atoms with Crippen LogP contribution in [-0.2, 0) is 12.8 Å². The summed E-state index contributed by atoms with van der Waals surface area (Å²) in [6.07, 6.45) is 7.63. The predicted octanol–water partition coefficient (Wildman–Crippen LogP) is 3.19. The summed E-state index contributed by atoms with van der Waals surface area (Å²) in [6, 6.07) is 4.78. The van der Waals surface area contributed by atoms with Gasteiger partial charge in [0.15, 0.2) is 0 Å². The predicted molar refractivity (Wildman–Crippen MR) is 87.1 cm³/mol. The molecule has 114 valence electrons. The van der Waals surface area contributed by atoms with E-state index in [0.717, 1.165) is 47.4 Å². The minimum Gasteiger partial charge on any atom is -0.493 e. The number of hydrogen-bond donors (Lipinski definition) is 2. The van der Waals surface area contributed by atoms with Crippen LogP contribution in [0.15, 0.2) is 16.6 Å². The molecule has 2 saturated carbocycles. The van der Waals surface area contributed by atoms with Crippen molar-refractivity contribution in [3.05, 3.63) is 27.7 Å². The topological polar surface area (TPSA) is 47.3 Å². The van der Waals surface area contributed by atoms with E-state index in [1.54, 1.807) is 0 Å². The van der Waals surface area contributed by atoms with Gasteiger partial charge >= 0.3 is 0 Å². The lowest BCUT2D eigenvalue weighted by molar-refractivity contribution is 0.246. The Balaban J connectivity index is 1.57. The number of ether oxygens (including phenoxy) is 1. The summed E-state index contributed by atoms with van der Waals surface area (Å²) in [4.78, 5) is 0. The van der Waals surface area contributed by atoms with Gasteiger partial charge in [-0.25, -0.2) is 0 Å². The van der Waals surface area contributed by atoms with Gasteiger partial charge in [-0.15, -0.1) is 0 Å². The molecule has 4 rings (SSSR count). The number of nitrogens with two attached hydrogens (primary N) is 1. The Kier molecular flexibility index (Phi) is 3.72. The first kappa shape index (κ1) is 14.0. The van der Waals surface area contributed by atoms with Gasteiger partial charge in [-0.3, -0.25) is 11.3 Å². The van der Waals surface area contributed by atoms with E-state index in [0.29, 0.717) is 6.04 Å². The smallest absolute Gasteiger partial charge is 0.125 e. The number of nitrogens with one attached hydrogen (secondary N) is 1. The van der Waals surface area contributed by atoms with Crippen LogP contribution in [0, 0.1) is 17.8 Å². The summed E-state index contributed by atoms with van der Waals surface area (Å²) < 4.78 is 7.02. The summed E-state index contributed by atoms with van der Waals surface area (Å²) in [5.74, 6) is 9.61. The highest BCUT2D eigenvalue weighted by Crippen LogP contribution is 2.50. The third kappa shape index (κ3) is 2.51. The van der Waals surface area contributed by atoms with Crippen molar-refractivity contribution in [2.75, 3.05) is 6.61 Å². The highest BCUT2D eigenvalue weighted by molar-refractivity contribution is 9.10. The molecule has 0 radical (unpaired) electrons. The van der Waals surface area contributed by atoms with Gasteiger partial charge in [0, 0.05) is 16.9 Å². The Hall–Kier alpha value is -0.580. The lowest BCUT2D eigenvalue weighted by Gasteiger charge is -2.30. The number of benzene rings is 1. The normalized spacial score (nSPS) is 31.2. The van der Waals surface area contributed by atoms with E-state index in [-0.39, 0.29) is 0 Å². The molecule has 4 atom stereocenters. The largest absolute Gasteiger partial charge is 0.493 e. The number of hydrogen-bond acceptors (Lipinski definition) is 3. The SMILES string of the molecule is NNC(Cc1cc(Br)cc2c1OCC2)C1CC2CCC1C2. The zero-order valence-electron chi connectivity index (χ0n) is 12.3. The second-order valence-electron chi connectivity index (χ2n) is 6.97. The molecule has 1 heterocycles. The third-order valence-electron chi connectivity index (χ3n) is 5.79. The van der Waals surface area contributed by atoms with Crippen LogP contribution < -0.4 is 16.0 Å². The standard InChI is InChI=1S/C17H23BrN2O/c18-14-7-12-3-4-21-17(12)13(8-14)9-16(20-19)15-6-10-1-2-11(15)5-10/h7-8,10-11,15-16,20H,1-6,9,19H2. The molecule has 4 unspecified atom stereocenters. The zero-order chi connectivity index (χ0) is 14.4. The first-order valence-electron chi connectivity index (χ1n) is 8.15. The quantitative estimate of drug-likeness (QED) is 0.647. The molecule has 0 saturated heterocycles. The fourth-order valence-corrected chi connectivity index (χ4v) is 5.41. The monoisotopic (exact) mass is 350 g/mol. The van der Waals surface area contributed by atoms with Crippen molar-refractivity contribution in [2.24, 2.45) is 23.6 Å². The summed E-state index contributed by atoms with van der Waals surface area (Å²) in [5, 5.41) is 0. The number of hydrazine groups is 1. The molecule has 0 amide bonds. The van der Waals surface area contributed by atoms with Crippen molar-refractivity contribution in [3.8, 4) is 5.75 Å². The van der Waals surface area contributed by atoms with Crippen molar-refractivity contribution >= 4 is 15.9 Å². The van der Waals surface area contributed by atoms with Crippen LogP contribution >= 0.6 is 15.9 Å². The highest BCUT2D eigenvalue weighted by atomic mass is 79.9. The molecule has 2 bridgehead atoms. The summed E-state index contributed by atoms with van der Waals surface area (Å²) in [5.41, 5.74) is 5.76. The van der Waals surface area contributed by atoms with Gasteiger partial charge in [-0.05, 0) is 66.7 Å². The average molecular weight is 351 g/mol. The fraction of sp³-hybridized carbons (Fsp3) is 0.647. The first-order valence-corrected chi connectivity index (χ1v) is 8.94. The lowest BCUT2D eigenvalue weighted by atomic mass is 9.81. The molecule has 4 heteroatoms. The fourth-order valence-electron chi connectivity index (χ4n) is 4.86. The molecule has 2 fully saturated rings. The first-order chi connectivity index (χ1) is 10.2. The van der Waals surface area contributed by atoms with E-state index in [1.165, 1.54) is 36.8 Å². The van der Waals surface area contributed by atoms with E-state index in [9.17, 15) is 0 Å². The molecule has 3 nitrogen and oxygen atoms in total. The van der Waals surface area contributed by atoms with Gasteiger partial charge in [-0.2, -0.15) is 0 Å². The van der Waals surface area contributed by atoms with Crippen molar-refractivity contribution in [3.63, 3.8) is 0 Å². The van der Waals surface area contributed by atoms with Crippen molar-refractivity contribution < 1.29 is 4.74 Å². The Bertz CT molecular complexity index is 548. The average Bonchev–Trinajstić information content (AvgIpc) is 3.19. The maximum Gasteiger partial charge on any atom is 0.125 e. The zero-order valence-corrected chi connectivity index (χ0v) is 13.9. The molecule has 1 aliphatic heterocycles. The lowest BCUT2D eigenvalue weighted by Crippen LogP contribution is -2.44. The van der Waals surface area contributed by atoms with Gasteiger partial charge in [0.25, 0.3) is 0 Å². The Morgan fingerprint density at radius 2 is 2.24 bits per heavy atom. The molecule has 3 N–H and O–H groups in total.